The van der Waals surface area contributed by atoms with Gasteiger partial charge in [-0.2, -0.15) is 0 Å². The van der Waals surface area contributed by atoms with E-state index in [0.717, 1.165) is 16.9 Å². The highest BCUT2D eigenvalue weighted by Crippen LogP contribution is 2.14. The van der Waals surface area contributed by atoms with Crippen LogP contribution in [0.2, 0.25) is 0 Å². The number of rotatable bonds is 13. The van der Waals surface area contributed by atoms with E-state index in [2.05, 4.69) is 11.9 Å². The number of nitrogens with two attached hydrogens (primary N) is 1. The van der Waals surface area contributed by atoms with Gasteiger partial charge in [-0.1, -0.05) is 48.5 Å². The maximum Gasteiger partial charge on any atom is 0.328 e. The summed E-state index contributed by atoms with van der Waals surface area (Å²) in [6.45, 7) is 4.45. The number of hydrogen-bond acceptors (Lipinski definition) is 6. The van der Waals surface area contributed by atoms with E-state index in [9.17, 15) is 14.4 Å². The molecule has 8 heteroatoms. The minimum absolute atomic E-state index is 0.0396. The van der Waals surface area contributed by atoms with E-state index in [1.807, 2.05) is 54.6 Å². The fraction of sp³-hybridized carbons (Fsp3) is 0.346. The first kappa shape index (κ1) is 26.6. The molecule has 3 N–H and O–H groups in total. The minimum atomic E-state index is -0.977. The van der Waals surface area contributed by atoms with Gasteiger partial charge in [-0.05, 0) is 36.1 Å². The van der Waals surface area contributed by atoms with E-state index in [1.54, 1.807) is 18.1 Å². The number of benzene rings is 2. The van der Waals surface area contributed by atoms with Crippen molar-refractivity contribution in [1.29, 1.82) is 0 Å². The Bertz CT molecular complexity index is 947. The van der Waals surface area contributed by atoms with Gasteiger partial charge in [-0.25, -0.2) is 4.79 Å². The summed E-state index contributed by atoms with van der Waals surface area (Å²) in [5, 5.41) is 2.63. The van der Waals surface area contributed by atoms with Gasteiger partial charge in [0.05, 0.1) is 20.3 Å². The molecule has 2 amide bonds. The van der Waals surface area contributed by atoms with Crippen LogP contribution in [0, 0.1) is 0 Å². The van der Waals surface area contributed by atoms with Crippen LogP contribution in [-0.2, 0) is 32.1 Å². The second kappa shape index (κ2) is 13.8. The van der Waals surface area contributed by atoms with Crippen molar-refractivity contribution < 1.29 is 23.9 Å². The summed E-state index contributed by atoms with van der Waals surface area (Å²) in [6.07, 6.45) is 2.10. The molecular weight excluding hydrogens is 434 g/mol. The van der Waals surface area contributed by atoms with Crippen LogP contribution in [0.1, 0.15) is 24.0 Å². The fourth-order valence-corrected chi connectivity index (χ4v) is 3.42. The molecule has 0 spiro atoms. The molecule has 0 aliphatic heterocycles. The lowest BCUT2D eigenvalue weighted by Gasteiger charge is -2.23. The number of ether oxygens (including phenoxy) is 2. The Kier molecular flexibility index (Phi) is 10.8. The summed E-state index contributed by atoms with van der Waals surface area (Å²) in [7, 11) is 2.83. The maximum atomic E-state index is 12.9. The van der Waals surface area contributed by atoms with Crippen molar-refractivity contribution in [3.8, 4) is 5.75 Å². The van der Waals surface area contributed by atoms with E-state index in [1.165, 1.54) is 7.11 Å². The highest BCUT2D eigenvalue weighted by Gasteiger charge is 2.26. The van der Waals surface area contributed by atoms with Crippen molar-refractivity contribution in [3.05, 3.63) is 78.4 Å². The molecule has 2 aromatic carbocycles. The third-order valence-corrected chi connectivity index (χ3v) is 5.32. The molecule has 0 fully saturated rings. The van der Waals surface area contributed by atoms with Gasteiger partial charge in [0.15, 0.2) is 0 Å². The van der Waals surface area contributed by atoms with Crippen LogP contribution in [0.15, 0.2) is 67.3 Å². The van der Waals surface area contributed by atoms with Gasteiger partial charge in [-0.15, -0.1) is 6.58 Å². The van der Waals surface area contributed by atoms with Crippen LogP contribution in [-0.4, -0.2) is 55.5 Å². The van der Waals surface area contributed by atoms with Crippen molar-refractivity contribution in [2.75, 3.05) is 20.8 Å². The second-order valence-corrected chi connectivity index (χ2v) is 7.83. The van der Waals surface area contributed by atoms with Gasteiger partial charge in [0.2, 0.25) is 11.8 Å². The standard InChI is InChI=1S/C26H33N3O5/c1-4-16-29(18-20-10-12-21(33-2)13-11-20)24(30)15-14-23(26(32)34-3)28-25(31)22(27)17-19-8-6-5-7-9-19/h4-13,22-23H,1,14-18,27H2,2-3H3,(H,28,31). The monoisotopic (exact) mass is 467 g/mol. The number of methoxy groups -OCH3 is 2. The van der Waals surface area contributed by atoms with Gasteiger partial charge in [0, 0.05) is 19.5 Å². The molecule has 0 aliphatic carbocycles. The molecule has 34 heavy (non-hydrogen) atoms. The van der Waals surface area contributed by atoms with E-state index < -0.39 is 24.0 Å². The van der Waals surface area contributed by atoms with Crippen molar-refractivity contribution in [2.45, 2.75) is 37.9 Å². The number of nitrogens with one attached hydrogen (secondary N) is 1. The third kappa shape index (κ3) is 8.37. The van der Waals surface area contributed by atoms with E-state index in [0.29, 0.717) is 19.5 Å². The van der Waals surface area contributed by atoms with Crippen molar-refractivity contribution in [3.63, 3.8) is 0 Å². The van der Waals surface area contributed by atoms with Gasteiger partial charge in [0.25, 0.3) is 0 Å². The third-order valence-electron chi connectivity index (χ3n) is 5.32. The summed E-state index contributed by atoms with van der Waals surface area (Å²) in [6, 6.07) is 15.0. The number of esters is 1. The molecule has 2 atom stereocenters. The molecule has 8 nitrogen and oxygen atoms in total. The van der Waals surface area contributed by atoms with Crippen LogP contribution in [0.4, 0.5) is 0 Å². The van der Waals surface area contributed by atoms with Gasteiger partial charge >= 0.3 is 5.97 Å². The number of hydrogen-bond donors (Lipinski definition) is 2. The SMILES string of the molecule is C=CCN(Cc1ccc(OC)cc1)C(=O)CCC(NC(=O)C(N)Cc1ccccc1)C(=O)OC. The normalized spacial score (nSPS) is 12.2. The Labute approximate surface area is 200 Å². The van der Waals surface area contributed by atoms with Crippen molar-refractivity contribution in [2.24, 2.45) is 5.73 Å². The molecule has 0 heterocycles. The Morgan fingerprint density at radius 3 is 2.32 bits per heavy atom. The Morgan fingerprint density at radius 2 is 1.74 bits per heavy atom. The van der Waals surface area contributed by atoms with E-state index >= 15 is 0 Å². The molecule has 0 saturated heterocycles. The molecule has 182 valence electrons. The Hall–Kier alpha value is -3.65. The lowest BCUT2D eigenvalue weighted by molar-refractivity contribution is -0.145. The zero-order valence-electron chi connectivity index (χ0n) is 19.7. The molecule has 0 aliphatic rings. The van der Waals surface area contributed by atoms with Gasteiger partial charge in [-0.3, -0.25) is 9.59 Å². The molecule has 2 rings (SSSR count). The molecule has 2 unspecified atom stereocenters. The molecule has 0 bridgehead atoms. The Balaban J connectivity index is 1.97. The average molecular weight is 468 g/mol. The first-order valence-corrected chi connectivity index (χ1v) is 11.1. The van der Waals surface area contributed by atoms with Crippen LogP contribution >= 0.6 is 0 Å². The number of amides is 2. The zero-order valence-corrected chi connectivity index (χ0v) is 19.7. The van der Waals surface area contributed by atoms with E-state index in [4.69, 9.17) is 15.2 Å². The molecular formula is C26H33N3O5. The summed E-state index contributed by atoms with van der Waals surface area (Å²) >= 11 is 0. The smallest absolute Gasteiger partial charge is 0.328 e. The largest absolute Gasteiger partial charge is 0.497 e. The molecule has 2 aromatic rings. The number of carbonyl (C=O) groups is 3. The van der Waals surface area contributed by atoms with E-state index in [-0.39, 0.29) is 18.7 Å². The molecule has 0 radical (unpaired) electrons. The molecule has 0 aromatic heterocycles. The lowest BCUT2D eigenvalue weighted by atomic mass is 10.0. The highest BCUT2D eigenvalue weighted by atomic mass is 16.5. The summed E-state index contributed by atoms with van der Waals surface area (Å²) in [5.74, 6) is -0.550. The van der Waals surface area contributed by atoms with Crippen molar-refractivity contribution >= 4 is 17.8 Å². The predicted molar refractivity (Wildman–Crippen MR) is 130 cm³/mol. The lowest BCUT2D eigenvalue weighted by Crippen LogP contribution is -2.49. The maximum absolute atomic E-state index is 12.9. The summed E-state index contributed by atoms with van der Waals surface area (Å²) in [4.78, 5) is 39.4. The van der Waals surface area contributed by atoms with Crippen molar-refractivity contribution in [1.82, 2.24) is 10.2 Å². The first-order valence-electron chi connectivity index (χ1n) is 11.1. The Morgan fingerprint density at radius 1 is 1.06 bits per heavy atom. The number of carbonyl (C=O) groups excluding carboxylic acids is 3. The predicted octanol–water partition coefficient (Wildman–Crippen LogP) is 2.22. The van der Waals surface area contributed by atoms with Crippen LogP contribution < -0.4 is 15.8 Å². The van der Waals surface area contributed by atoms with Crippen LogP contribution in [0.25, 0.3) is 0 Å². The number of nitrogens with zero attached hydrogens (tertiary/aromatic N) is 1. The first-order chi connectivity index (χ1) is 16.4. The van der Waals surface area contributed by atoms with Crippen LogP contribution in [0.5, 0.6) is 5.75 Å². The summed E-state index contributed by atoms with van der Waals surface area (Å²) in [5.41, 5.74) is 7.87. The topological polar surface area (TPSA) is 111 Å². The minimum Gasteiger partial charge on any atom is -0.497 e. The van der Waals surface area contributed by atoms with Crippen LogP contribution in [0.3, 0.4) is 0 Å². The second-order valence-electron chi connectivity index (χ2n) is 7.83. The van der Waals surface area contributed by atoms with Gasteiger partial charge < -0.3 is 25.4 Å². The fourth-order valence-electron chi connectivity index (χ4n) is 3.42. The zero-order chi connectivity index (χ0) is 24.9. The summed E-state index contributed by atoms with van der Waals surface area (Å²) < 4.78 is 9.99. The molecule has 0 saturated carbocycles. The quantitative estimate of drug-likeness (QED) is 0.345. The average Bonchev–Trinajstić information content (AvgIpc) is 2.86. The highest BCUT2D eigenvalue weighted by molar-refractivity contribution is 5.88. The van der Waals surface area contributed by atoms with Gasteiger partial charge in [0.1, 0.15) is 11.8 Å².